The van der Waals surface area contributed by atoms with E-state index in [0.29, 0.717) is 12.2 Å². The van der Waals surface area contributed by atoms with E-state index in [2.05, 4.69) is 36.3 Å². The summed E-state index contributed by atoms with van der Waals surface area (Å²) < 4.78 is 0. The number of nitrogens with one attached hydrogen (secondary N) is 2. The van der Waals surface area contributed by atoms with Crippen LogP contribution >= 0.6 is 0 Å². The SMILES string of the molecule is CC(C)(C)c1cc(NC(=O)CCC2CCCC2)n[nH]1. The molecule has 1 aromatic rings. The molecule has 1 aromatic heterocycles. The number of rotatable bonds is 4. The highest BCUT2D eigenvalue weighted by atomic mass is 16.1. The van der Waals surface area contributed by atoms with Crippen molar-refractivity contribution in [3.05, 3.63) is 11.8 Å². The molecule has 1 heterocycles. The van der Waals surface area contributed by atoms with Gasteiger partial charge in [-0.3, -0.25) is 9.89 Å². The highest BCUT2D eigenvalue weighted by molar-refractivity contribution is 5.89. The van der Waals surface area contributed by atoms with Gasteiger partial charge in [-0.25, -0.2) is 0 Å². The Morgan fingerprint density at radius 2 is 2.11 bits per heavy atom. The normalized spacial score (nSPS) is 16.8. The van der Waals surface area contributed by atoms with Crippen molar-refractivity contribution in [1.82, 2.24) is 10.2 Å². The van der Waals surface area contributed by atoms with Crippen LogP contribution in [0.15, 0.2) is 6.07 Å². The van der Waals surface area contributed by atoms with Gasteiger partial charge in [0.2, 0.25) is 5.91 Å². The maximum Gasteiger partial charge on any atom is 0.225 e. The van der Waals surface area contributed by atoms with E-state index in [9.17, 15) is 4.79 Å². The van der Waals surface area contributed by atoms with Crippen LogP contribution in [0.25, 0.3) is 0 Å². The van der Waals surface area contributed by atoms with E-state index in [-0.39, 0.29) is 11.3 Å². The van der Waals surface area contributed by atoms with Gasteiger partial charge in [-0.2, -0.15) is 5.10 Å². The molecule has 4 nitrogen and oxygen atoms in total. The standard InChI is InChI=1S/C15H25N3O/c1-15(2,3)12-10-13(18-17-12)16-14(19)9-8-11-6-4-5-7-11/h10-11H,4-9H2,1-3H3,(H2,16,17,18,19). The van der Waals surface area contributed by atoms with Gasteiger partial charge in [-0.05, 0) is 12.3 Å². The van der Waals surface area contributed by atoms with Crippen LogP contribution in [-0.4, -0.2) is 16.1 Å². The van der Waals surface area contributed by atoms with Crippen LogP contribution in [0.5, 0.6) is 0 Å². The third kappa shape index (κ3) is 4.08. The number of hydrogen-bond donors (Lipinski definition) is 2. The summed E-state index contributed by atoms with van der Waals surface area (Å²) in [5, 5.41) is 10.0. The molecule has 1 aliphatic carbocycles. The molecule has 0 aliphatic heterocycles. The minimum absolute atomic E-state index is 0.0276. The van der Waals surface area contributed by atoms with E-state index in [0.717, 1.165) is 18.0 Å². The molecule has 0 aromatic carbocycles. The van der Waals surface area contributed by atoms with E-state index < -0.39 is 0 Å². The number of carbonyl (C=O) groups excluding carboxylic acids is 1. The molecule has 106 valence electrons. The van der Waals surface area contributed by atoms with Gasteiger partial charge < -0.3 is 5.32 Å². The second-order valence-electron chi connectivity index (χ2n) is 6.65. The third-order valence-electron chi connectivity index (χ3n) is 3.91. The first-order valence-electron chi connectivity index (χ1n) is 7.31. The molecule has 0 bridgehead atoms. The van der Waals surface area contributed by atoms with Crippen molar-refractivity contribution in [1.29, 1.82) is 0 Å². The molecule has 0 unspecified atom stereocenters. The molecule has 0 atom stereocenters. The zero-order valence-electron chi connectivity index (χ0n) is 12.3. The average molecular weight is 263 g/mol. The van der Waals surface area contributed by atoms with Crippen molar-refractivity contribution >= 4 is 11.7 Å². The molecule has 1 aliphatic rings. The Morgan fingerprint density at radius 3 is 2.68 bits per heavy atom. The molecule has 4 heteroatoms. The quantitative estimate of drug-likeness (QED) is 0.871. The molecule has 2 rings (SSSR count). The predicted molar refractivity (Wildman–Crippen MR) is 77.1 cm³/mol. The zero-order chi connectivity index (χ0) is 13.9. The summed E-state index contributed by atoms with van der Waals surface area (Å²) in [5.41, 5.74) is 1.07. The van der Waals surface area contributed by atoms with E-state index in [1.807, 2.05) is 6.07 Å². The molecular weight excluding hydrogens is 238 g/mol. The monoisotopic (exact) mass is 263 g/mol. The highest BCUT2D eigenvalue weighted by Gasteiger charge is 2.18. The van der Waals surface area contributed by atoms with Crippen LogP contribution in [0.2, 0.25) is 0 Å². The smallest absolute Gasteiger partial charge is 0.225 e. The number of carbonyl (C=O) groups is 1. The number of H-pyrrole nitrogens is 1. The van der Waals surface area contributed by atoms with E-state index in [1.54, 1.807) is 0 Å². The van der Waals surface area contributed by atoms with Crippen molar-refractivity contribution in [2.45, 2.75) is 64.7 Å². The highest BCUT2D eigenvalue weighted by Crippen LogP contribution is 2.28. The summed E-state index contributed by atoms with van der Waals surface area (Å²) in [4.78, 5) is 11.9. The van der Waals surface area contributed by atoms with Crippen molar-refractivity contribution in [3.63, 3.8) is 0 Å². The van der Waals surface area contributed by atoms with Crippen molar-refractivity contribution in [3.8, 4) is 0 Å². The van der Waals surface area contributed by atoms with Gasteiger partial charge in [-0.15, -0.1) is 0 Å². The molecule has 0 radical (unpaired) electrons. The summed E-state index contributed by atoms with van der Waals surface area (Å²) in [7, 11) is 0. The molecule has 1 amide bonds. The Kier molecular flexibility index (Phi) is 4.27. The van der Waals surface area contributed by atoms with Gasteiger partial charge in [-0.1, -0.05) is 46.5 Å². The first-order chi connectivity index (χ1) is 8.95. The maximum absolute atomic E-state index is 11.9. The Hall–Kier alpha value is -1.32. The minimum atomic E-state index is 0.0276. The summed E-state index contributed by atoms with van der Waals surface area (Å²) in [6.45, 7) is 6.35. The lowest BCUT2D eigenvalue weighted by Gasteiger charge is -2.14. The fraction of sp³-hybridized carbons (Fsp3) is 0.733. The number of aromatic amines is 1. The van der Waals surface area contributed by atoms with Gasteiger partial charge in [0.05, 0.1) is 0 Å². The summed E-state index contributed by atoms with van der Waals surface area (Å²) in [6, 6.07) is 1.92. The topological polar surface area (TPSA) is 57.8 Å². The lowest BCUT2D eigenvalue weighted by molar-refractivity contribution is -0.116. The van der Waals surface area contributed by atoms with Gasteiger partial charge in [0.1, 0.15) is 0 Å². The first kappa shape index (κ1) is 14.1. The number of anilines is 1. The lowest BCUT2D eigenvalue weighted by atomic mass is 9.92. The second-order valence-corrected chi connectivity index (χ2v) is 6.65. The summed E-state index contributed by atoms with van der Waals surface area (Å²) >= 11 is 0. The van der Waals surface area contributed by atoms with Crippen molar-refractivity contribution < 1.29 is 4.79 Å². The lowest BCUT2D eigenvalue weighted by Crippen LogP contribution is -2.13. The van der Waals surface area contributed by atoms with Crippen molar-refractivity contribution in [2.24, 2.45) is 5.92 Å². The van der Waals surface area contributed by atoms with Gasteiger partial charge >= 0.3 is 0 Å². The van der Waals surface area contributed by atoms with E-state index in [1.165, 1.54) is 25.7 Å². The number of nitrogens with zero attached hydrogens (tertiary/aromatic N) is 1. The van der Waals surface area contributed by atoms with Crippen LogP contribution in [-0.2, 0) is 10.2 Å². The summed E-state index contributed by atoms with van der Waals surface area (Å²) in [5.74, 6) is 1.48. The van der Waals surface area contributed by atoms with Gasteiger partial charge in [0, 0.05) is 23.6 Å². The molecular formula is C15H25N3O. The average Bonchev–Trinajstić information content (AvgIpc) is 2.95. The minimum Gasteiger partial charge on any atom is -0.309 e. The zero-order valence-corrected chi connectivity index (χ0v) is 12.3. The molecule has 2 N–H and O–H groups in total. The van der Waals surface area contributed by atoms with E-state index in [4.69, 9.17) is 0 Å². The van der Waals surface area contributed by atoms with E-state index >= 15 is 0 Å². The van der Waals surface area contributed by atoms with Crippen LogP contribution in [0.4, 0.5) is 5.82 Å². The van der Waals surface area contributed by atoms with Gasteiger partial charge in [0.25, 0.3) is 0 Å². The van der Waals surface area contributed by atoms with Crippen molar-refractivity contribution in [2.75, 3.05) is 5.32 Å². The largest absolute Gasteiger partial charge is 0.309 e. The van der Waals surface area contributed by atoms with Crippen LogP contribution in [0.3, 0.4) is 0 Å². The Morgan fingerprint density at radius 1 is 1.42 bits per heavy atom. The number of hydrogen-bond acceptors (Lipinski definition) is 2. The van der Waals surface area contributed by atoms with Crippen LogP contribution in [0, 0.1) is 5.92 Å². The molecule has 1 saturated carbocycles. The fourth-order valence-corrected chi connectivity index (χ4v) is 2.61. The Labute approximate surface area is 115 Å². The molecule has 19 heavy (non-hydrogen) atoms. The first-order valence-corrected chi connectivity index (χ1v) is 7.31. The maximum atomic E-state index is 11.9. The third-order valence-corrected chi connectivity index (χ3v) is 3.91. The Bertz CT molecular complexity index is 425. The molecule has 0 saturated heterocycles. The van der Waals surface area contributed by atoms with Gasteiger partial charge in [0.15, 0.2) is 5.82 Å². The summed E-state index contributed by atoms with van der Waals surface area (Å²) in [6.07, 6.45) is 6.89. The predicted octanol–water partition coefficient (Wildman–Crippen LogP) is 3.62. The van der Waals surface area contributed by atoms with Crippen LogP contribution < -0.4 is 5.32 Å². The molecule has 1 fully saturated rings. The number of amides is 1. The fourth-order valence-electron chi connectivity index (χ4n) is 2.61. The Balaban J connectivity index is 1.80. The second kappa shape index (κ2) is 5.76. The number of aromatic nitrogens is 2. The van der Waals surface area contributed by atoms with Crippen LogP contribution in [0.1, 0.15) is 65.0 Å². The molecule has 0 spiro atoms.